The third kappa shape index (κ3) is 4.81. The van der Waals surface area contributed by atoms with E-state index in [-0.39, 0.29) is 24.1 Å². The number of halogens is 1. The summed E-state index contributed by atoms with van der Waals surface area (Å²) in [5.74, 6) is -2.48. The zero-order valence-corrected chi connectivity index (χ0v) is 17.9. The van der Waals surface area contributed by atoms with Crippen molar-refractivity contribution in [3.63, 3.8) is 0 Å². The van der Waals surface area contributed by atoms with Gasteiger partial charge in [0.25, 0.3) is 0 Å². The van der Waals surface area contributed by atoms with E-state index >= 15 is 0 Å². The average Bonchev–Trinajstić information content (AvgIpc) is 2.66. The summed E-state index contributed by atoms with van der Waals surface area (Å²) in [6.45, 7) is 3.89. The molecule has 0 spiro atoms. The van der Waals surface area contributed by atoms with Crippen LogP contribution in [0.1, 0.15) is 17.5 Å². The Kier molecular flexibility index (Phi) is 5.84. The molecule has 2 aromatic carbocycles. The van der Waals surface area contributed by atoms with Crippen LogP contribution in [0.15, 0.2) is 42.5 Å². The number of nitrogens with one attached hydrogen (secondary N) is 5. The van der Waals surface area contributed by atoms with E-state index in [1.165, 1.54) is 0 Å². The fraction of sp³-hybridized carbons (Fsp3) is 0.318. The van der Waals surface area contributed by atoms with Gasteiger partial charge in [-0.2, -0.15) is 0 Å². The van der Waals surface area contributed by atoms with E-state index in [4.69, 9.17) is 11.6 Å². The van der Waals surface area contributed by atoms with Crippen molar-refractivity contribution in [2.75, 3.05) is 10.6 Å². The Labute approximate surface area is 185 Å². The number of amides is 3. The Morgan fingerprint density at radius 3 is 2.48 bits per heavy atom. The van der Waals surface area contributed by atoms with E-state index in [0.29, 0.717) is 16.4 Å². The summed E-state index contributed by atoms with van der Waals surface area (Å²) in [4.78, 5) is 38.3. The van der Waals surface area contributed by atoms with Crippen LogP contribution in [0.3, 0.4) is 0 Å². The van der Waals surface area contributed by atoms with Gasteiger partial charge in [0.05, 0.1) is 18.0 Å². The van der Waals surface area contributed by atoms with E-state index < -0.39 is 24.3 Å². The molecule has 5 N–H and O–H groups in total. The van der Waals surface area contributed by atoms with Gasteiger partial charge in [-0.1, -0.05) is 23.7 Å². The number of anilines is 2. The molecule has 4 unspecified atom stereocenters. The summed E-state index contributed by atoms with van der Waals surface area (Å²) >= 11 is 6.01. The molecule has 0 aliphatic carbocycles. The quantitative estimate of drug-likeness (QED) is 0.499. The molecule has 0 radical (unpaired) electrons. The van der Waals surface area contributed by atoms with Crippen LogP contribution in [0, 0.1) is 25.7 Å². The van der Waals surface area contributed by atoms with E-state index in [1.807, 2.05) is 38.1 Å². The van der Waals surface area contributed by atoms with Gasteiger partial charge in [-0.3, -0.25) is 19.7 Å². The van der Waals surface area contributed by atoms with Gasteiger partial charge in [-0.15, -0.1) is 0 Å². The Hall–Kier alpha value is -3.10. The van der Waals surface area contributed by atoms with E-state index in [2.05, 4.69) is 26.6 Å². The van der Waals surface area contributed by atoms with Crippen molar-refractivity contribution in [1.82, 2.24) is 16.0 Å². The molecule has 2 heterocycles. The molecular weight excluding hydrogens is 418 g/mol. The van der Waals surface area contributed by atoms with Crippen molar-refractivity contribution in [3.05, 3.63) is 58.6 Å². The van der Waals surface area contributed by atoms with E-state index in [0.717, 1.165) is 11.1 Å². The van der Waals surface area contributed by atoms with Gasteiger partial charge in [0.15, 0.2) is 6.29 Å². The van der Waals surface area contributed by atoms with Gasteiger partial charge in [-0.05, 0) is 55.3 Å². The highest BCUT2D eigenvalue weighted by Crippen LogP contribution is 2.28. The summed E-state index contributed by atoms with van der Waals surface area (Å²) in [5.41, 5.74) is 3.38. The molecule has 31 heavy (non-hydrogen) atoms. The monoisotopic (exact) mass is 441 g/mol. The minimum atomic E-state index is -0.792. The number of carbonyl (C=O) groups excluding carboxylic acids is 3. The molecular formula is C22H24ClN5O3. The maximum Gasteiger partial charge on any atom is 0.229 e. The van der Waals surface area contributed by atoms with Crippen LogP contribution >= 0.6 is 11.6 Å². The molecule has 0 aromatic heterocycles. The normalized spacial score (nSPS) is 25.1. The highest BCUT2D eigenvalue weighted by atomic mass is 35.5. The van der Waals surface area contributed by atoms with Crippen molar-refractivity contribution in [1.29, 1.82) is 0 Å². The van der Waals surface area contributed by atoms with Crippen LogP contribution in [0.5, 0.6) is 0 Å². The first-order valence-corrected chi connectivity index (χ1v) is 10.4. The molecule has 162 valence electrons. The van der Waals surface area contributed by atoms with E-state index in [1.54, 1.807) is 18.2 Å². The molecule has 2 aromatic rings. The molecule has 3 amide bonds. The molecule has 2 aliphatic heterocycles. The summed E-state index contributed by atoms with van der Waals surface area (Å²) < 4.78 is 0. The Morgan fingerprint density at radius 1 is 1.03 bits per heavy atom. The maximum atomic E-state index is 13.0. The first-order valence-electron chi connectivity index (χ1n) is 10.1. The fourth-order valence-electron chi connectivity index (χ4n) is 4.18. The summed E-state index contributed by atoms with van der Waals surface area (Å²) in [6.07, 6.45) is -1.37. The molecule has 8 nitrogen and oxygen atoms in total. The number of rotatable bonds is 4. The predicted octanol–water partition coefficient (Wildman–Crippen LogP) is 2.09. The van der Waals surface area contributed by atoms with Crippen LogP contribution in [-0.2, 0) is 14.4 Å². The molecule has 2 fully saturated rings. The number of benzene rings is 2. The van der Waals surface area contributed by atoms with Crippen LogP contribution in [0.25, 0.3) is 0 Å². The smallest absolute Gasteiger partial charge is 0.229 e. The van der Waals surface area contributed by atoms with Gasteiger partial charge < -0.3 is 21.3 Å². The molecule has 0 bridgehead atoms. The second kappa shape index (κ2) is 8.56. The van der Waals surface area contributed by atoms with Gasteiger partial charge in [0, 0.05) is 22.8 Å². The molecule has 2 saturated heterocycles. The lowest BCUT2D eigenvalue weighted by Gasteiger charge is -2.43. The molecule has 4 atom stereocenters. The molecule has 2 aliphatic rings. The first-order chi connectivity index (χ1) is 14.8. The van der Waals surface area contributed by atoms with Crippen LogP contribution in [0.4, 0.5) is 11.4 Å². The lowest BCUT2D eigenvalue weighted by Crippen LogP contribution is -2.72. The Morgan fingerprint density at radius 2 is 1.77 bits per heavy atom. The van der Waals surface area contributed by atoms with E-state index in [9.17, 15) is 14.4 Å². The second-order valence-corrected chi connectivity index (χ2v) is 8.45. The Bertz CT molecular complexity index is 1020. The molecule has 4 rings (SSSR count). The summed E-state index contributed by atoms with van der Waals surface area (Å²) in [6, 6.07) is 12.8. The van der Waals surface area contributed by atoms with Crippen LogP contribution in [-0.4, -0.2) is 30.2 Å². The minimum Gasteiger partial charge on any atom is -0.353 e. The fourth-order valence-corrected chi connectivity index (χ4v) is 4.37. The molecule has 9 heteroatoms. The number of hydrogen-bond acceptors (Lipinski definition) is 5. The number of carbonyl (C=O) groups is 3. The third-order valence-corrected chi connectivity index (χ3v) is 5.65. The largest absolute Gasteiger partial charge is 0.353 e. The summed E-state index contributed by atoms with van der Waals surface area (Å²) in [5, 5.41) is 15.3. The van der Waals surface area contributed by atoms with Gasteiger partial charge >= 0.3 is 0 Å². The van der Waals surface area contributed by atoms with Crippen molar-refractivity contribution < 1.29 is 14.4 Å². The zero-order chi connectivity index (χ0) is 22.1. The lowest BCUT2D eigenvalue weighted by atomic mass is 9.81. The topological polar surface area (TPSA) is 111 Å². The SMILES string of the molecule is Cc1cc(C)cc(NC(=O)C2CC(=O)NC3NC(Nc4cccc(Cl)c4)NC(=O)C32)c1. The first kappa shape index (κ1) is 21.1. The lowest BCUT2D eigenvalue weighted by molar-refractivity contribution is -0.144. The Balaban J connectivity index is 1.49. The summed E-state index contributed by atoms with van der Waals surface area (Å²) in [7, 11) is 0. The second-order valence-electron chi connectivity index (χ2n) is 8.01. The maximum absolute atomic E-state index is 13.0. The number of piperidine rings is 1. The standard InChI is InChI=1S/C22H24ClN5O3/c1-11-6-12(2)8-15(7-11)24-20(30)16-10-17(29)26-19-18(16)21(31)28-22(27-19)25-14-5-3-4-13(23)9-14/h3-9,16,18-19,22,25,27H,10H2,1-2H3,(H,24,30)(H,26,29)(H,28,31). The van der Waals surface area contributed by atoms with Crippen molar-refractivity contribution in [2.24, 2.45) is 11.8 Å². The highest BCUT2D eigenvalue weighted by Gasteiger charge is 2.48. The highest BCUT2D eigenvalue weighted by molar-refractivity contribution is 6.30. The van der Waals surface area contributed by atoms with Crippen molar-refractivity contribution >= 4 is 40.7 Å². The van der Waals surface area contributed by atoms with Crippen LogP contribution < -0.4 is 26.6 Å². The van der Waals surface area contributed by atoms with Crippen molar-refractivity contribution in [3.8, 4) is 0 Å². The average molecular weight is 442 g/mol. The van der Waals surface area contributed by atoms with Crippen LogP contribution in [0.2, 0.25) is 5.02 Å². The number of fused-ring (bicyclic) bond motifs is 1. The van der Waals surface area contributed by atoms with Gasteiger partial charge in [0.1, 0.15) is 0 Å². The van der Waals surface area contributed by atoms with Gasteiger partial charge in [-0.25, -0.2) is 0 Å². The van der Waals surface area contributed by atoms with Gasteiger partial charge in [0.2, 0.25) is 17.7 Å². The minimum absolute atomic E-state index is 0.0563. The van der Waals surface area contributed by atoms with Crippen molar-refractivity contribution in [2.45, 2.75) is 32.7 Å². The number of aryl methyl sites for hydroxylation is 2. The predicted molar refractivity (Wildman–Crippen MR) is 118 cm³/mol. The third-order valence-electron chi connectivity index (χ3n) is 5.41. The zero-order valence-electron chi connectivity index (χ0n) is 17.2. The molecule has 0 saturated carbocycles. The number of hydrogen-bond donors (Lipinski definition) is 5.